The van der Waals surface area contributed by atoms with Crippen molar-refractivity contribution >= 4 is 28.3 Å². The van der Waals surface area contributed by atoms with Gasteiger partial charge in [0.05, 0.1) is 5.70 Å². The molecule has 3 heterocycles. The summed E-state index contributed by atoms with van der Waals surface area (Å²) in [5, 5.41) is 2.00. The van der Waals surface area contributed by atoms with E-state index in [1.54, 1.807) is 12.4 Å². The number of aliphatic imine (C=N–C) groups is 1. The van der Waals surface area contributed by atoms with Gasteiger partial charge < -0.3 is 9.97 Å². The van der Waals surface area contributed by atoms with Crippen LogP contribution in [0.5, 0.6) is 0 Å². The Bertz CT molecular complexity index is 2070. The number of hydrogen-bond donors (Lipinski definition) is 0. The quantitative estimate of drug-likeness (QED) is 0.171. The van der Waals surface area contributed by atoms with Gasteiger partial charge in [-0.2, -0.15) is 6.20 Å². The summed E-state index contributed by atoms with van der Waals surface area (Å²) in [6, 6.07) is 35.5. The Morgan fingerprint density at radius 3 is 2.30 bits per heavy atom. The number of pyridine rings is 1. The van der Waals surface area contributed by atoms with Gasteiger partial charge in [-0.05, 0) is 45.3 Å². The third-order valence-electron chi connectivity index (χ3n) is 7.70. The van der Waals surface area contributed by atoms with Crippen LogP contribution >= 0.6 is 0 Å². The molecule has 5 heteroatoms. The van der Waals surface area contributed by atoms with Crippen molar-refractivity contribution in [1.29, 1.82) is 0 Å². The molecule has 0 atom stereocenters. The van der Waals surface area contributed by atoms with Crippen molar-refractivity contribution < 1.29 is 24.9 Å². The third kappa shape index (κ3) is 5.33. The SMILES string of the molecule is C1=C/C(=C(\c2ccccc2)c2ccc[n-]2)N=C1.Cc1[c-]c(-c2ncc3c4c(cccc24)C(=O)c2ccccc2-3)cc(C)c1.[Ir]. The second kappa shape index (κ2) is 12.3. The fourth-order valence-corrected chi connectivity index (χ4v) is 5.92. The minimum atomic E-state index is 0. The van der Waals surface area contributed by atoms with E-state index < -0.39 is 0 Å². The smallest absolute Gasteiger partial charge is 0.194 e. The molecule has 4 nitrogen and oxygen atoms in total. The fraction of sp³-hybridized carbons (Fsp3) is 0.0513. The van der Waals surface area contributed by atoms with Crippen molar-refractivity contribution in [2.45, 2.75) is 13.8 Å². The van der Waals surface area contributed by atoms with Crippen molar-refractivity contribution in [1.82, 2.24) is 9.97 Å². The van der Waals surface area contributed by atoms with Crippen molar-refractivity contribution in [3.8, 4) is 22.4 Å². The van der Waals surface area contributed by atoms with Crippen LogP contribution in [-0.4, -0.2) is 17.0 Å². The van der Waals surface area contributed by atoms with E-state index in [2.05, 4.69) is 53.3 Å². The normalized spacial score (nSPS) is 13.6. The maximum absolute atomic E-state index is 13.0. The molecule has 2 aliphatic rings. The summed E-state index contributed by atoms with van der Waals surface area (Å²) in [6.45, 7) is 4.12. The van der Waals surface area contributed by atoms with Crippen molar-refractivity contribution in [3.05, 3.63) is 167 Å². The molecule has 0 bridgehead atoms. The van der Waals surface area contributed by atoms with E-state index in [-0.39, 0.29) is 25.9 Å². The summed E-state index contributed by atoms with van der Waals surface area (Å²) in [5.41, 5.74) is 11.8. The summed E-state index contributed by atoms with van der Waals surface area (Å²) in [6.07, 6.45) is 9.47. The Morgan fingerprint density at radius 2 is 1.57 bits per heavy atom. The number of aromatic nitrogens is 2. The average Bonchev–Trinajstić information content (AvgIpc) is 3.76. The number of carbonyl (C=O) groups is 1. The summed E-state index contributed by atoms with van der Waals surface area (Å²) in [7, 11) is 0. The molecule has 0 amide bonds. The van der Waals surface area contributed by atoms with E-state index in [0.717, 1.165) is 72.4 Å². The second-order valence-electron chi connectivity index (χ2n) is 10.7. The Labute approximate surface area is 270 Å². The minimum Gasteiger partial charge on any atom is -0.664 e. The molecule has 215 valence electrons. The molecule has 8 rings (SSSR count). The first-order valence-corrected chi connectivity index (χ1v) is 14.2. The number of fused-ring (bicyclic) bond motifs is 2. The molecule has 1 radical (unpaired) electrons. The number of carbonyl (C=O) groups excluding carboxylic acids is 1. The molecule has 0 unspecified atom stereocenters. The maximum Gasteiger partial charge on any atom is 0.194 e. The van der Waals surface area contributed by atoms with Crippen LogP contribution in [0.3, 0.4) is 0 Å². The van der Waals surface area contributed by atoms with Crippen LogP contribution in [0.2, 0.25) is 0 Å². The molecule has 0 fully saturated rings. The van der Waals surface area contributed by atoms with Gasteiger partial charge >= 0.3 is 0 Å². The van der Waals surface area contributed by atoms with E-state index in [0.29, 0.717) is 0 Å². The predicted molar refractivity (Wildman–Crippen MR) is 174 cm³/mol. The van der Waals surface area contributed by atoms with Crippen LogP contribution in [0.15, 0.2) is 132 Å². The van der Waals surface area contributed by atoms with Crippen LogP contribution in [-0.2, 0) is 20.1 Å². The van der Waals surface area contributed by atoms with E-state index in [1.807, 2.05) is 92.0 Å². The number of ketones is 1. The Morgan fingerprint density at radius 1 is 0.795 bits per heavy atom. The monoisotopic (exact) mass is 746 g/mol. The number of rotatable bonds is 3. The Hall–Kier alpha value is -4.96. The minimum absolute atomic E-state index is 0. The van der Waals surface area contributed by atoms with Crippen molar-refractivity contribution in [3.63, 3.8) is 0 Å². The number of hydrogen-bond acceptors (Lipinski definition) is 3. The topological polar surface area (TPSA) is 56.4 Å². The summed E-state index contributed by atoms with van der Waals surface area (Å²) in [4.78, 5) is 26.6. The Kier molecular flexibility index (Phi) is 8.17. The molecule has 44 heavy (non-hydrogen) atoms. The standard InChI is InChI=1S/C24H16NO.C15H11N2.Ir/c1-14-10-15(2)12-16(11-14)23-19-8-5-9-20-22(19)21(13-25-23)17-6-3-4-7-18(17)24(20)26;1-2-6-12(7-3-1)15(13-8-4-10-16-13)14-9-5-11-17-14;/h3-11,13H,1-2H3;1-11H;/q2*-1;/b;15-13-;. The summed E-state index contributed by atoms with van der Waals surface area (Å²) >= 11 is 0. The molecular weight excluding hydrogens is 719 g/mol. The van der Waals surface area contributed by atoms with Gasteiger partial charge in [0.1, 0.15) is 0 Å². The first-order valence-electron chi connectivity index (χ1n) is 14.2. The molecule has 6 aromatic rings. The summed E-state index contributed by atoms with van der Waals surface area (Å²) < 4.78 is 0. The maximum atomic E-state index is 13.0. The van der Waals surface area contributed by atoms with Gasteiger partial charge in [-0.3, -0.25) is 9.79 Å². The first-order chi connectivity index (χ1) is 21.1. The molecule has 0 saturated heterocycles. The van der Waals surface area contributed by atoms with E-state index >= 15 is 0 Å². The van der Waals surface area contributed by atoms with Gasteiger partial charge in [0, 0.05) is 49.2 Å². The first kappa shape index (κ1) is 29.1. The predicted octanol–water partition coefficient (Wildman–Crippen LogP) is 8.57. The van der Waals surface area contributed by atoms with Crippen LogP contribution in [0.25, 0.3) is 38.7 Å². The molecule has 1 aliphatic heterocycles. The van der Waals surface area contributed by atoms with Gasteiger partial charge in [-0.25, -0.2) is 0 Å². The van der Waals surface area contributed by atoms with Gasteiger partial charge in [-0.15, -0.1) is 40.6 Å². The van der Waals surface area contributed by atoms with E-state index in [1.165, 1.54) is 5.56 Å². The second-order valence-corrected chi connectivity index (χ2v) is 10.7. The van der Waals surface area contributed by atoms with Crippen molar-refractivity contribution in [2.24, 2.45) is 4.99 Å². The molecule has 0 spiro atoms. The number of allylic oxidation sites excluding steroid dienone is 2. The molecule has 2 aromatic heterocycles. The summed E-state index contributed by atoms with van der Waals surface area (Å²) in [5.74, 6) is 0.0836. The third-order valence-corrected chi connectivity index (χ3v) is 7.70. The largest absolute Gasteiger partial charge is 0.664 e. The fourth-order valence-electron chi connectivity index (χ4n) is 5.92. The van der Waals surface area contributed by atoms with E-state index in [4.69, 9.17) is 4.98 Å². The zero-order chi connectivity index (χ0) is 29.3. The number of nitrogens with zero attached hydrogens (tertiary/aromatic N) is 3. The number of aryl methyl sites for hydroxylation is 2. The molecular formula is C39H27IrN3O-2. The average molecular weight is 746 g/mol. The van der Waals surface area contributed by atoms with Gasteiger partial charge in [0.25, 0.3) is 0 Å². The zero-order valence-corrected chi connectivity index (χ0v) is 26.6. The van der Waals surface area contributed by atoms with Crippen molar-refractivity contribution in [2.75, 3.05) is 0 Å². The van der Waals surface area contributed by atoms with Crippen LogP contribution in [0.4, 0.5) is 0 Å². The molecule has 0 saturated carbocycles. The van der Waals surface area contributed by atoms with Crippen LogP contribution in [0, 0.1) is 19.9 Å². The van der Waals surface area contributed by atoms with Gasteiger partial charge in [0.15, 0.2) is 5.78 Å². The molecule has 0 N–H and O–H groups in total. The molecule has 4 aromatic carbocycles. The van der Waals surface area contributed by atoms with Crippen LogP contribution in [0.1, 0.15) is 38.3 Å². The molecule has 1 aliphatic carbocycles. The van der Waals surface area contributed by atoms with Gasteiger partial charge in [-0.1, -0.05) is 98.8 Å². The number of benzene rings is 4. The zero-order valence-electron chi connectivity index (χ0n) is 24.2. The van der Waals surface area contributed by atoms with E-state index in [9.17, 15) is 4.79 Å². The van der Waals surface area contributed by atoms with Gasteiger partial charge in [0.2, 0.25) is 0 Å². The van der Waals surface area contributed by atoms with Crippen LogP contribution < -0.4 is 4.98 Å². The Balaban J connectivity index is 0.000000166.